The van der Waals surface area contributed by atoms with Crippen LogP contribution in [0.1, 0.15) is 25.8 Å². The minimum absolute atomic E-state index is 0.660. The van der Waals surface area contributed by atoms with Crippen LogP contribution in [0.5, 0.6) is 5.75 Å². The van der Waals surface area contributed by atoms with E-state index in [0.29, 0.717) is 6.61 Å². The van der Waals surface area contributed by atoms with Crippen molar-refractivity contribution in [3.63, 3.8) is 0 Å². The van der Waals surface area contributed by atoms with Gasteiger partial charge >= 0.3 is 0 Å². The smallest absolute Gasteiger partial charge is 0.128 e. The molecule has 0 fully saturated rings. The second-order valence-corrected chi connectivity index (χ2v) is 4.78. The molecule has 0 radical (unpaired) electrons. The third-order valence-corrected chi connectivity index (χ3v) is 3.09. The Hall–Kier alpha value is -1.81. The minimum Gasteiger partial charge on any atom is -0.493 e. The van der Waals surface area contributed by atoms with Crippen molar-refractivity contribution in [2.45, 2.75) is 26.8 Å². The number of nitrogens with one attached hydrogen (secondary N) is 1. The predicted octanol–water partition coefficient (Wildman–Crippen LogP) is 2.99. The van der Waals surface area contributed by atoms with Crippen molar-refractivity contribution in [1.29, 1.82) is 0 Å². The first kappa shape index (κ1) is 14.6. The number of hydrogen-bond acceptors (Lipinski definition) is 3. The number of aromatic nitrogens is 2. The molecule has 0 saturated carbocycles. The first-order valence-electron chi connectivity index (χ1n) is 7.21. The second-order valence-electron chi connectivity index (χ2n) is 4.78. The summed E-state index contributed by atoms with van der Waals surface area (Å²) in [6, 6.07) is 8.08. The van der Waals surface area contributed by atoms with Crippen LogP contribution in [0.25, 0.3) is 11.3 Å². The molecule has 108 valence electrons. The molecule has 0 bridgehead atoms. The number of ether oxygens (including phenoxy) is 1. The van der Waals surface area contributed by atoms with E-state index in [1.165, 1.54) is 5.56 Å². The molecule has 0 unspecified atom stereocenters. The van der Waals surface area contributed by atoms with Gasteiger partial charge < -0.3 is 10.1 Å². The number of aryl methyl sites for hydroxylation is 1. The Kier molecular flexibility index (Phi) is 5.18. The summed E-state index contributed by atoms with van der Waals surface area (Å²) in [6.45, 7) is 6.67. The van der Waals surface area contributed by atoms with E-state index in [1.54, 1.807) is 0 Å². The fraction of sp³-hybridized carbons (Fsp3) is 0.438. The number of rotatable bonds is 7. The van der Waals surface area contributed by atoms with Gasteiger partial charge in [0.2, 0.25) is 0 Å². The zero-order chi connectivity index (χ0) is 14.4. The van der Waals surface area contributed by atoms with Crippen LogP contribution in [0.3, 0.4) is 0 Å². The summed E-state index contributed by atoms with van der Waals surface area (Å²) in [5.74, 6) is 0.894. The molecule has 1 N–H and O–H groups in total. The average Bonchev–Trinajstić information content (AvgIpc) is 2.81. The molecule has 2 aromatic rings. The highest BCUT2D eigenvalue weighted by molar-refractivity contribution is 5.69. The monoisotopic (exact) mass is 273 g/mol. The van der Waals surface area contributed by atoms with Crippen LogP contribution in [0.2, 0.25) is 0 Å². The first-order valence-corrected chi connectivity index (χ1v) is 7.21. The quantitative estimate of drug-likeness (QED) is 0.788. The van der Waals surface area contributed by atoms with E-state index in [2.05, 4.69) is 29.6 Å². The number of nitrogens with zero attached hydrogens (tertiary/aromatic N) is 2. The molecule has 0 atom stereocenters. The molecule has 1 aromatic carbocycles. The van der Waals surface area contributed by atoms with Crippen LogP contribution < -0.4 is 10.1 Å². The third kappa shape index (κ3) is 3.39. The summed E-state index contributed by atoms with van der Waals surface area (Å²) in [5, 5.41) is 8.03. The SMILES string of the molecule is CCCNCc1cn(C)nc1-c1ccccc1OCC. The molecule has 0 aliphatic carbocycles. The van der Waals surface area contributed by atoms with E-state index in [-0.39, 0.29) is 0 Å². The van der Waals surface area contributed by atoms with Gasteiger partial charge in [-0.3, -0.25) is 4.68 Å². The van der Waals surface area contributed by atoms with Gasteiger partial charge in [-0.1, -0.05) is 19.1 Å². The van der Waals surface area contributed by atoms with Gasteiger partial charge in [-0.2, -0.15) is 5.10 Å². The van der Waals surface area contributed by atoms with Gasteiger partial charge in [-0.15, -0.1) is 0 Å². The lowest BCUT2D eigenvalue weighted by Gasteiger charge is -2.10. The summed E-state index contributed by atoms with van der Waals surface area (Å²) in [4.78, 5) is 0. The molecule has 1 heterocycles. The Morgan fingerprint density at radius 3 is 2.80 bits per heavy atom. The number of benzene rings is 1. The van der Waals surface area contributed by atoms with Crippen molar-refractivity contribution < 1.29 is 4.74 Å². The van der Waals surface area contributed by atoms with Gasteiger partial charge in [-0.25, -0.2) is 0 Å². The lowest BCUT2D eigenvalue weighted by atomic mass is 10.1. The minimum atomic E-state index is 0.660. The Morgan fingerprint density at radius 2 is 2.05 bits per heavy atom. The lowest BCUT2D eigenvalue weighted by molar-refractivity contribution is 0.341. The summed E-state index contributed by atoms with van der Waals surface area (Å²) >= 11 is 0. The summed E-state index contributed by atoms with van der Waals surface area (Å²) in [7, 11) is 1.95. The van der Waals surface area contributed by atoms with Crippen LogP contribution in [0.15, 0.2) is 30.5 Å². The number of para-hydroxylation sites is 1. The van der Waals surface area contributed by atoms with E-state index in [4.69, 9.17) is 4.74 Å². The van der Waals surface area contributed by atoms with Crippen LogP contribution in [0.4, 0.5) is 0 Å². The molecule has 0 aliphatic heterocycles. The van der Waals surface area contributed by atoms with Crippen molar-refractivity contribution in [3.8, 4) is 17.0 Å². The maximum atomic E-state index is 5.71. The molecular formula is C16H23N3O. The van der Waals surface area contributed by atoms with Crippen LogP contribution in [-0.4, -0.2) is 22.9 Å². The molecule has 0 spiro atoms. The zero-order valence-electron chi connectivity index (χ0n) is 12.5. The zero-order valence-corrected chi connectivity index (χ0v) is 12.5. The van der Waals surface area contributed by atoms with Crippen molar-refractivity contribution in [2.75, 3.05) is 13.2 Å². The maximum absolute atomic E-state index is 5.71. The van der Waals surface area contributed by atoms with E-state index in [0.717, 1.165) is 36.5 Å². The average molecular weight is 273 g/mol. The highest BCUT2D eigenvalue weighted by Crippen LogP contribution is 2.31. The third-order valence-electron chi connectivity index (χ3n) is 3.09. The van der Waals surface area contributed by atoms with Gasteiger partial charge in [0.05, 0.1) is 6.61 Å². The van der Waals surface area contributed by atoms with Crippen LogP contribution >= 0.6 is 0 Å². The van der Waals surface area contributed by atoms with Gasteiger partial charge in [0.15, 0.2) is 0 Å². The fourth-order valence-corrected chi connectivity index (χ4v) is 2.24. The molecule has 20 heavy (non-hydrogen) atoms. The molecule has 4 nitrogen and oxygen atoms in total. The Bertz CT molecular complexity index is 548. The Balaban J connectivity index is 2.32. The normalized spacial score (nSPS) is 10.8. The maximum Gasteiger partial charge on any atom is 0.128 e. The van der Waals surface area contributed by atoms with E-state index in [9.17, 15) is 0 Å². The molecule has 1 aromatic heterocycles. The summed E-state index contributed by atoms with van der Waals surface area (Å²) in [6.07, 6.45) is 3.20. The second kappa shape index (κ2) is 7.10. The van der Waals surface area contributed by atoms with E-state index in [1.807, 2.05) is 36.9 Å². The molecule has 0 saturated heterocycles. The van der Waals surface area contributed by atoms with Crippen molar-refractivity contribution in [3.05, 3.63) is 36.0 Å². The van der Waals surface area contributed by atoms with Crippen molar-refractivity contribution in [1.82, 2.24) is 15.1 Å². The molecule has 0 amide bonds. The van der Waals surface area contributed by atoms with Gasteiger partial charge in [0.25, 0.3) is 0 Å². The van der Waals surface area contributed by atoms with Gasteiger partial charge in [0.1, 0.15) is 11.4 Å². The molecule has 2 rings (SSSR count). The Morgan fingerprint density at radius 1 is 1.25 bits per heavy atom. The topological polar surface area (TPSA) is 39.1 Å². The van der Waals surface area contributed by atoms with Crippen molar-refractivity contribution in [2.24, 2.45) is 7.05 Å². The van der Waals surface area contributed by atoms with Crippen LogP contribution in [-0.2, 0) is 13.6 Å². The van der Waals surface area contributed by atoms with E-state index >= 15 is 0 Å². The van der Waals surface area contributed by atoms with Crippen molar-refractivity contribution >= 4 is 0 Å². The largest absolute Gasteiger partial charge is 0.493 e. The summed E-state index contributed by atoms with van der Waals surface area (Å²) in [5.41, 5.74) is 3.26. The molecular weight excluding hydrogens is 250 g/mol. The lowest BCUT2D eigenvalue weighted by Crippen LogP contribution is -2.14. The van der Waals surface area contributed by atoms with Gasteiger partial charge in [-0.05, 0) is 32.0 Å². The van der Waals surface area contributed by atoms with Crippen LogP contribution in [0, 0.1) is 0 Å². The number of hydrogen-bond donors (Lipinski definition) is 1. The Labute approximate surface area is 120 Å². The standard InChI is InChI=1S/C16H23N3O/c1-4-10-17-11-13-12-19(3)18-16(13)14-8-6-7-9-15(14)20-5-2/h6-9,12,17H,4-5,10-11H2,1-3H3. The predicted molar refractivity (Wildman–Crippen MR) is 81.8 cm³/mol. The highest BCUT2D eigenvalue weighted by Gasteiger charge is 2.13. The molecule has 0 aliphatic rings. The van der Waals surface area contributed by atoms with Gasteiger partial charge in [0, 0.05) is 30.9 Å². The highest BCUT2D eigenvalue weighted by atomic mass is 16.5. The van der Waals surface area contributed by atoms with E-state index < -0.39 is 0 Å². The molecule has 4 heteroatoms. The first-order chi connectivity index (χ1) is 9.76. The summed E-state index contributed by atoms with van der Waals surface area (Å²) < 4.78 is 7.57. The fourth-order valence-electron chi connectivity index (χ4n) is 2.24.